The van der Waals surface area contributed by atoms with E-state index in [0.29, 0.717) is 5.41 Å². The molecule has 1 N–H and O–H groups in total. The van der Waals surface area contributed by atoms with Crippen LogP contribution in [-0.2, 0) is 4.74 Å². The van der Waals surface area contributed by atoms with Gasteiger partial charge in [0.1, 0.15) is 0 Å². The zero-order valence-electron chi connectivity index (χ0n) is 12.2. The van der Waals surface area contributed by atoms with Crippen LogP contribution in [0.2, 0.25) is 0 Å². The van der Waals surface area contributed by atoms with Gasteiger partial charge in [0.25, 0.3) is 0 Å². The molecule has 2 aliphatic carbocycles. The highest BCUT2D eigenvalue weighted by molar-refractivity contribution is 5.01. The predicted octanol–water partition coefficient (Wildman–Crippen LogP) is 3.90. The van der Waals surface area contributed by atoms with Crippen LogP contribution >= 0.6 is 0 Å². The SMILES string of the molecule is CCCCOCCCNC1CCC12CCCCC2. The number of nitrogens with one attached hydrogen (secondary N) is 1. The van der Waals surface area contributed by atoms with E-state index >= 15 is 0 Å². The molecule has 2 saturated carbocycles. The summed E-state index contributed by atoms with van der Waals surface area (Å²) in [4.78, 5) is 0. The molecule has 1 atom stereocenters. The first-order valence-electron chi connectivity index (χ1n) is 8.18. The average molecular weight is 253 g/mol. The molecule has 0 aromatic carbocycles. The first-order chi connectivity index (χ1) is 8.87. The van der Waals surface area contributed by atoms with Crippen molar-refractivity contribution in [3.8, 4) is 0 Å². The highest BCUT2D eigenvalue weighted by Crippen LogP contribution is 2.51. The topological polar surface area (TPSA) is 21.3 Å². The maximum atomic E-state index is 5.60. The summed E-state index contributed by atoms with van der Waals surface area (Å²) in [5, 5.41) is 3.79. The number of hydrogen-bond donors (Lipinski definition) is 1. The second kappa shape index (κ2) is 7.49. The highest BCUT2D eigenvalue weighted by atomic mass is 16.5. The standard InChI is InChI=1S/C16H31NO/c1-2-3-13-18-14-7-12-17-15-8-11-16(15)9-5-4-6-10-16/h15,17H,2-14H2,1H3. The van der Waals surface area contributed by atoms with Crippen molar-refractivity contribution >= 4 is 0 Å². The molecule has 1 unspecified atom stereocenters. The van der Waals surface area contributed by atoms with E-state index in [1.54, 1.807) is 0 Å². The molecule has 0 bridgehead atoms. The molecular formula is C16H31NO. The summed E-state index contributed by atoms with van der Waals surface area (Å²) in [6.45, 7) is 5.25. The van der Waals surface area contributed by atoms with E-state index in [1.165, 1.54) is 64.2 Å². The zero-order chi connectivity index (χ0) is 12.7. The molecule has 2 nitrogen and oxygen atoms in total. The fourth-order valence-corrected chi connectivity index (χ4v) is 3.67. The lowest BCUT2D eigenvalue weighted by Gasteiger charge is -2.52. The van der Waals surface area contributed by atoms with Crippen molar-refractivity contribution in [3.63, 3.8) is 0 Å². The lowest BCUT2D eigenvalue weighted by Crippen LogP contribution is -2.54. The van der Waals surface area contributed by atoms with E-state index in [1.807, 2.05) is 0 Å². The Morgan fingerprint density at radius 3 is 2.50 bits per heavy atom. The number of rotatable bonds is 8. The quantitative estimate of drug-likeness (QED) is 0.663. The lowest BCUT2D eigenvalue weighted by molar-refractivity contribution is 0.0216. The minimum Gasteiger partial charge on any atom is -0.381 e. The minimum absolute atomic E-state index is 0.710. The van der Waals surface area contributed by atoms with Gasteiger partial charge in [-0.25, -0.2) is 0 Å². The molecule has 0 aromatic heterocycles. The molecule has 0 saturated heterocycles. The van der Waals surface area contributed by atoms with Crippen LogP contribution in [0.5, 0.6) is 0 Å². The molecule has 2 heteroatoms. The highest BCUT2D eigenvalue weighted by Gasteiger charge is 2.46. The van der Waals surface area contributed by atoms with E-state index in [-0.39, 0.29) is 0 Å². The largest absolute Gasteiger partial charge is 0.381 e. The average Bonchev–Trinajstić information content (AvgIpc) is 2.41. The van der Waals surface area contributed by atoms with Crippen LogP contribution in [0.25, 0.3) is 0 Å². The summed E-state index contributed by atoms with van der Waals surface area (Å²) in [7, 11) is 0. The monoisotopic (exact) mass is 253 g/mol. The van der Waals surface area contributed by atoms with Crippen LogP contribution < -0.4 is 5.32 Å². The second-order valence-electron chi connectivity index (χ2n) is 6.29. The number of unbranched alkanes of at least 4 members (excludes halogenated alkanes) is 1. The second-order valence-corrected chi connectivity index (χ2v) is 6.29. The fraction of sp³-hybridized carbons (Fsp3) is 1.00. The smallest absolute Gasteiger partial charge is 0.0478 e. The van der Waals surface area contributed by atoms with Gasteiger partial charge in [-0.1, -0.05) is 32.6 Å². The van der Waals surface area contributed by atoms with Gasteiger partial charge in [0, 0.05) is 19.3 Å². The molecule has 0 aliphatic heterocycles. The van der Waals surface area contributed by atoms with E-state index < -0.39 is 0 Å². The Balaban J connectivity index is 1.51. The molecule has 0 heterocycles. The Kier molecular flexibility index (Phi) is 5.97. The Hall–Kier alpha value is -0.0800. The van der Waals surface area contributed by atoms with Crippen molar-refractivity contribution < 1.29 is 4.74 Å². The molecule has 0 radical (unpaired) electrons. The molecule has 2 rings (SSSR count). The third-order valence-electron chi connectivity index (χ3n) is 5.02. The van der Waals surface area contributed by atoms with Crippen molar-refractivity contribution in [2.24, 2.45) is 5.41 Å². The maximum Gasteiger partial charge on any atom is 0.0478 e. The van der Waals surface area contributed by atoms with Gasteiger partial charge < -0.3 is 10.1 Å². The van der Waals surface area contributed by atoms with E-state index in [9.17, 15) is 0 Å². The van der Waals surface area contributed by atoms with Crippen molar-refractivity contribution in [3.05, 3.63) is 0 Å². The van der Waals surface area contributed by atoms with Gasteiger partial charge in [0.15, 0.2) is 0 Å². The Morgan fingerprint density at radius 1 is 1.06 bits per heavy atom. The summed E-state index contributed by atoms with van der Waals surface area (Å²) < 4.78 is 5.60. The fourth-order valence-electron chi connectivity index (χ4n) is 3.67. The normalized spacial score (nSPS) is 26.2. The minimum atomic E-state index is 0.710. The summed E-state index contributed by atoms with van der Waals surface area (Å²) in [6.07, 6.45) is 13.9. The molecular weight excluding hydrogens is 222 g/mol. The summed E-state index contributed by atoms with van der Waals surface area (Å²) >= 11 is 0. The molecule has 106 valence electrons. The summed E-state index contributed by atoms with van der Waals surface area (Å²) in [6, 6.07) is 0.827. The lowest BCUT2D eigenvalue weighted by atomic mass is 9.57. The van der Waals surface area contributed by atoms with Crippen molar-refractivity contribution in [1.29, 1.82) is 0 Å². The first-order valence-corrected chi connectivity index (χ1v) is 8.18. The molecule has 18 heavy (non-hydrogen) atoms. The van der Waals surface area contributed by atoms with Crippen LogP contribution in [0, 0.1) is 5.41 Å². The third kappa shape index (κ3) is 3.71. The van der Waals surface area contributed by atoms with Crippen LogP contribution in [0.15, 0.2) is 0 Å². The Morgan fingerprint density at radius 2 is 1.83 bits per heavy atom. The van der Waals surface area contributed by atoms with Gasteiger partial charge in [-0.05, 0) is 50.5 Å². The molecule has 0 amide bonds. The molecule has 2 fully saturated rings. The van der Waals surface area contributed by atoms with Gasteiger partial charge in [-0.15, -0.1) is 0 Å². The molecule has 2 aliphatic rings. The maximum absolute atomic E-state index is 5.60. The van der Waals surface area contributed by atoms with Crippen molar-refractivity contribution in [2.45, 2.75) is 77.2 Å². The molecule has 0 aromatic rings. The van der Waals surface area contributed by atoms with Crippen LogP contribution in [0.4, 0.5) is 0 Å². The first kappa shape index (κ1) is 14.3. The summed E-state index contributed by atoms with van der Waals surface area (Å²) in [5.74, 6) is 0. The van der Waals surface area contributed by atoms with Gasteiger partial charge in [0.2, 0.25) is 0 Å². The number of hydrogen-bond acceptors (Lipinski definition) is 2. The number of ether oxygens (including phenoxy) is 1. The van der Waals surface area contributed by atoms with Gasteiger partial charge >= 0.3 is 0 Å². The van der Waals surface area contributed by atoms with E-state index in [2.05, 4.69) is 12.2 Å². The van der Waals surface area contributed by atoms with Gasteiger partial charge in [-0.3, -0.25) is 0 Å². The van der Waals surface area contributed by atoms with E-state index in [4.69, 9.17) is 4.74 Å². The van der Waals surface area contributed by atoms with Crippen molar-refractivity contribution in [1.82, 2.24) is 5.32 Å². The predicted molar refractivity (Wildman–Crippen MR) is 76.9 cm³/mol. The van der Waals surface area contributed by atoms with Gasteiger partial charge in [-0.2, -0.15) is 0 Å². The van der Waals surface area contributed by atoms with E-state index in [0.717, 1.165) is 25.8 Å². The van der Waals surface area contributed by atoms with Crippen LogP contribution in [0.1, 0.15) is 71.1 Å². The third-order valence-corrected chi connectivity index (χ3v) is 5.02. The zero-order valence-corrected chi connectivity index (χ0v) is 12.2. The van der Waals surface area contributed by atoms with Gasteiger partial charge in [0.05, 0.1) is 0 Å². The van der Waals surface area contributed by atoms with Crippen molar-refractivity contribution in [2.75, 3.05) is 19.8 Å². The molecule has 1 spiro atoms. The van der Waals surface area contributed by atoms with Crippen LogP contribution in [-0.4, -0.2) is 25.8 Å². The summed E-state index contributed by atoms with van der Waals surface area (Å²) in [5.41, 5.74) is 0.710. The Bertz CT molecular complexity index is 223. The Labute approximate surface area is 113 Å². The van der Waals surface area contributed by atoms with Crippen LogP contribution in [0.3, 0.4) is 0 Å².